The Bertz CT molecular complexity index is 1070. The molecule has 0 unspecified atom stereocenters. The molecule has 3 amide bonds. The zero-order valence-corrected chi connectivity index (χ0v) is 18.8. The first-order valence-electron chi connectivity index (χ1n) is 11.2. The number of carbonyl (C=O) groups is 2. The van der Waals surface area contributed by atoms with E-state index in [2.05, 4.69) is 31.0 Å². The molecule has 2 fully saturated rings. The lowest BCUT2D eigenvalue weighted by molar-refractivity contribution is -0.159. The Morgan fingerprint density at radius 2 is 1.88 bits per heavy atom. The molecule has 0 spiro atoms. The highest BCUT2D eigenvalue weighted by atomic mass is 19.1. The third-order valence-electron chi connectivity index (χ3n) is 6.17. The predicted octanol–water partition coefficient (Wildman–Crippen LogP) is 3.43. The third-order valence-corrected chi connectivity index (χ3v) is 6.17. The number of nitrogens with zero attached hydrogens (tertiary/aromatic N) is 2. The van der Waals surface area contributed by atoms with E-state index in [1.54, 1.807) is 4.90 Å². The van der Waals surface area contributed by atoms with Gasteiger partial charge in [-0.2, -0.15) is 0 Å². The summed E-state index contributed by atoms with van der Waals surface area (Å²) < 4.78 is 13.1. The number of urea groups is 1. The van der Waals surface area contributed by atoms with Crippen molar-refractivity contribution < 1.29 is 19.1 Å². The van der Waals surface area contributed by atoms with E-state index >= 15 is 0 Å². The zero-order valence-electron chi connectivity index (χ0n) is 18.8. The van der Waals surface area contributed by atoms with Crippen LogP contribution in [-0.2, 0) is 4.79 Å². The van der Waals surface area contributed by atoms with E-state index < -0.39 is 6.03 Å². The van der Waals surface area contributed by atoms with Crippen LogP contribution in [0, 0.1) is 23.6 Å². The second-order valence-electron chi connectivity index (χ2n) is 8.98. The lowest BCUT2D eigenvalue weighted by Gasteiger charge is -2.58. The SMILES string of the molecule is CC(C)CC#Cc1ccc([C@H]2[C@H](CO)N3C(=O)CN(C(=O)Nc4ccc(F)cc4)C[C@@H]23)cc1. The van der Waals surface area contributed by atoms with Gasteiger partial charge in [-0.25, -0.2) is 9.18 Å². The van der Waals surface area contributed by atoms with Crippen LogP contribution in [0.25, 0.3) is 0 Å². The molecule has 172 valence electrons. The van der Waals surface area contributed by atoms with E-state index in [4.69, 9.17) is 0 Å². The van der Waals surface area contributed by atoms with Gasteiger partial charge in [-0.1, -0.05) is 37.8 Å². The summed E-state index contributed by atoms with van der Waals surface area (Å²) in [5.41, 5.74) is 2.40. The molecule has 0 aromatic heterocycles. The number of fused-ring (bicyclic) bond motifs is 1. The molecule has 2 saturated heterocycles. The van der Waals surface area contributed by atoms with Crippen LogP contribution in [0.4, 0.5) is 14.9 Å². The molecule has 7 heteroatoms. The zero-order chi connectivity index (χ0) is 23.5. The van der Waals surface area contributed by atoms with Crippen LogP contribution in [0.5, 0.6) is 0 Å². The van der Waals surface area contributed by atoms with E-state index in [1.807, 2.05) is 24.3 Å². The topological polar surface area (TPSA) is 72.9 Å². The number of hydrogen-bond acceptors (Lipinski definition) is 3. The van der Waals surface area contributed by atoms with E-state index in [1.165, 1.54) is 29.2 Å². The molecule has 0 aliphatic carbocycles. The van der Waals surface area contributed by atoms with E-state index in [0.29, 0.717) is 18.2 Å². The van der Waals surface area contributed by atoms with Crippen LogP contribution in [0.2, 0.25) is 0 Å². The standard InChI is InChI=1S/C26H28FN3O3/c1-17(2)4-3-5-18-6-8-19(9-7-18)25-22-14-29(15-24(32)30(22)23(25)16-31)26(33)28-21-12-10-20(27)11-13-21/h6-13,17,22-23,25,31H,4,14-16H2,1-2H3,(H,28,33)/t22-,23-,25+/m0/s1. The third kappa shape index (κ3) is 4.86. The van der Waals surface area contributed by atoms with E-state index in [0.717, 1.165) is 17.5 Å². The van der Waals surface area contributed by atoms with Crippen molar-refractivity contribution in [1.29, 1.82) is 0 Å². The van der Waals surface area contributed by atoms with Gasteiger partial charge in [-0.05, 0) is 47.9 Å². The van der Waals surface area contributed by atoms with Crippen LogP contribution < -0.4 is 5.32 Å². The molecular formula is C26H28FN3O3. The minimum Gasteiger partial charge on any atom is -0.394 e. The number of aliphatic hydroxyl groups excluding tert-OH is 1. The number of halogens is 1. The van der Waals surface area contributed by atoms with Crippen molar-refractivity contribution >= 4 is 17.6 Å². The first-order chi connectivity index (χ1) is 15.9. The average molecular weight is 450 g/mol. The maximum Gasteiger partial charge on any atom is 0.322 e. The fraction of sp³-hybridized carbons (Fsp3) is 0.385. The number of hydrogen-bond donors (Lipinski definition) is 2. The molecule has 0 radical (unpaired) electrons. The Balaban J connectivity index is 1.47. The number of piperazine rings is 1. The Hall–Kier alpha value is -3.37. The average Bonchev–Trinajstić information content (AvgIpc) is 2.77. The molecule has 3 atom stereocenters. The van der Waals surface area contributed by atoms with Crippen LogP contribution in [0.15, 0.2) is 48.5 Å². The number of anilines is 1. The van der Waals surface area contributed by atoms with Gasteiger partial charge < -0.3 is 20.2 Å². The van der Waals surface area contributed by atoms with Gasteiger partial charge in [0, 0.05) is 30.1 Å². The van der Waals surface area contributed by atoms with Gasteiger partial charge in [-0.3, -0.25) is 4.79 Å². The van der Waals surface area contributed by atoms with Crippen molar-refractivity contribution in [3.05, 3.63) is 65.5 Å². The van der Waals surface area contributed by atoms with Crippen molar-refractivity contribution in [3.8, 4) is 11.8 Å². The van der Waals surface area contributed by atoms with E-state index in [-0.39, 0.29) is 42.9 Å². The predicted molar refractivity (Wildman–Crippen MR) is 124 cm³/mol. The summed E-state index contributed by atoms with van der Waals surface area (Å²) in [6, 6.07) is 12.5. The molecule has 33 heavy (non-hydrogen) atoms. The Labute approximate surface area is 193 Å². The van der Waals surface area contributed by atoms with Crippen molar-refractivity contribution in [1.82, 2.24) is 9.80 Å². The van der Waals surface area contributed by atoms with Gasteiger partial charge in [-0.15, -0.1) is 0 Å². The fourth-order valence-electron chi connectivity index (χ4n) is 4.54. The maximum atomic E-state index is 13.1. The van der Waals surface area contributed by atoms with Gasteiger partial charge in [0.2, 0.25) is 5.91 Å². The summed E-state index contributed by atoms with van der Waals surface area (Å²) in [4.78, 5) is 28.7. The molecule has 0 bridgehead atoms. The molecule has 2 aromatic carbocycles. The van der Waals surface area contributed by atoms with Gasteiger partial charge in [0.25, 0.3) is 0 Å². The Morgan fingerprint density at radius 3 is 2.52 bits per heavy atom. The summed E-state index contributed by atoms with van der Waals surface area (Å²) in [6.07, 6.45) is 0.839. The molecule has 2 aromatic rings. The summed E-state index contributed by atoms with van der Waals surface area (Å²) in [5.74, 6) is 6.22. The molecule has 2 aliphatic rings. The largest absolute Gasteiger partial charge is 0.394 e. The smallest absolute Gasteiger partial charge is 0.322 e. The lowest BCUT2D eigenvalue weighted by atomic mass is 9.73. The van der Waals surface area contributed by atoms with Crippen LogP contribution >= 0.6 is 0 Å². The number of rotatable bonds is 4. The number of amides is 3. The van der Waals surface area contributed by atoms with Gasteiger partial charge in [0.05, 0.1) is 18.7 Å². The summed E-state index contributed by atoms with van der Waals surface area (Å²) in [6.45, 7) is 4.42. The minimum atomic E-state index is -0.406. The Morgan fingerprint density at radius 1 is 1.18 bits per heavy atom. The molecular weight excluding hydrogens is 421 g/mol. The monoisotopic (exact) mass is 449 g/mol. The molecule has 4 rings (SSSR count). The summed E-state index contributed by atoms with van der Waals surface area (Å²) in [7, 11) is 0. The van der Waals surface area contributed by atoms with Crippen LogP contribution in [-0.4, -0.2) is 58.6 Å². The van der Waals surface area contributed by atoms with Crippen molar-refractivity contribution in [2.45, 2.75) is 38.3 Å². The number of nitrogens with one attached hydrogen (secondary N) is 1. The lowest BCUT2D eigenvalue weighted by Crippen LogP contribution is -2.73. The summed E-state index contributed by atoms with van der Waals surface area (Å²) >= 11 is 0. The quantitative estimate of drug-likeness (QED) is 0.703. The second-order valence-corrected chi connectivity index (χ2v) is 8.98. The highest BCUT2D eigenvalue weighted by Crippen LogP contribution is 2.43. The number of carbonyl (C=O) groups excluding carboxylic acids is 2. The van der Waals surface area contributed by atoms with Crippen molar-refractivity contribution in [3.63, 3.8) is 0 Å². The highest BCUT2D eigenvalue weighted by molar-refractivity contribution is 5.93. The fourth-order valence-corrected chi connectivity index (χ4v) is 4.54. The van der Waals surface area contributed by atoms with Gasteiger partial charge >= 0.3 is 6.03 Å². The van der Waals surface area contributed by atoms with Crippen molar-refractivity contribution in [2.75, 3.05) is 25.0 Å². The highest BCUT2D eigenvalue weighted by Gasteiger charge is 2.54. The number of aliphatic hydroxyl groups is 1. The van der Waals surface area contributed by atoms with Gasteiger partial charge in [0.1, 0.15) is 12.4 Å². The van der Waals surface area contributed by atoms with Crippen molar-refractivity contribution in [2.24, 2.45) is 5.92 Å². The second kappa shape index (κ2) is 9.63. The first-order valence-corrected chi connectivity index (χ1v) is 11.2. The normalized spacial score (nSPS) is 21.7. The molecule has 6 nitrogen and oxygen atoms in total. The molecule has 2 aliphatic heterocycles. The maximum absolute atomic E-state index is 13.1. The minimum absolute atomic E-state index is 0.0584. The summed E-state index contributed by atoms with van der Waals surface area (Å²) in [5, 5.41) is 12.7. The molecule has 2 N–H and O–H groups in total. The van der Waals surface area contributed by atoms with Gasteiger partial charge in [0.15, 0.2) is 0 Å². The van der Waals surface area contributed by atoms with E-state index in [9.17, 15) is 19.1 Å². The molecule has 2 heterocycles. The first kappa shape index (κ1) is 22.8. The Kier molecular flexibility index (Phi) is 6.66. The van der Waals surface area contributed by atoms with Crippen LogP contribution in [0.1, 0.15) is 37.3 Å². The molecule has 0 saturated carbocycles. The van der Waals surface area contributed by atoms with Crippen LogP contribution in [0.3, 0.4) is 0 Å². The number of benzene rings is 2.